The van der Waals surface area contributed by atoms with Gasteiger partial charge in [-0.05, 0) is 31.1 Å². The summed E-state index contributed by atoms with van der Waals surface area (Å²) in [6, 6.07) is 0. The van der Waals surface area contributed by atoms with E-state index < -0.39 is 6.10 Å². The van der Waals surface area contributed by atoms with Crippen LogP contribution in [0.4, 0.5) is 0 Å². The quantitative estimate of drug-likeness (QED) is 0.0344. The molecule has 0 saturated carbocycles. The van der Waals surface area contributed by atoms with Gasteiger partial charge in [0, 0.05) is 19.3 Å². The van der Waals surface area contributed by atoms with Gasteiger partial charge in [0.25, 0.3) is 0 Å². The van der Waals surface area contributed by atoms with Crippen molar-refractivity contribution in [2.45, 2.75) is 317 Å². The minimum absolute atomic E-state index is 0.0633. The lowest BCUT2D eigenvalue weighted by molar-refractivity contribution is -0.167. The van der Waals surface area contributed by atoms with Gasteiger partial charge in [0.05, 0.1) is 0 Å². The number of rotatable bonds is 50. The van der Waals surface area contributed by atoms with E-state index in [1.165, 1.54) is 199 Å². The van der Waals surface area contributed by atoms with Crippen molar-refractivity contribution in [3.63, 3.8) is 0 Å². The van der Waals surface area contributed by atoms with Crippen LogP contribution in [0.15, 0.2) is 0 Å². The van der Waals surface area contributed by atoms with Crippen LogP contribution in [0.3, 0.4) is 0 Å². The highest BCUT2D eigenvalue weighted by Gasteiger charge is 2.19. The molecular formula is C56H108O6. The molecule has 1 unspecified atom stereocenters. The Balaban J connectivity index is 4.32. The third-order valence-electron chi connectivity index (χ3n) is 13.1. The first-order valence-electron chi connectivity index (χ1n) is 27.8. The number of carbonyl (C=O) groups is 3. The van der Waals surface area contributed by atoms with Crippen LogP contribution in [0.5, 0.6) is 0 Å². The molecule has 0 fully saturated rings. The van der Waals surface area contributed by atoms with E-state index in [0.29, 0.717) is 19.3 Å². The van der Waals surface area contributed by atoms with Gasteiger partial charge in [-0.1, -0.05) is 272 Å². The third-order valence-corrected chi connectivity index (χ3v) is 13.1. The van der Waals surface area contributed by atoms with E-state index in [4.69, 9.17) is 14.2 Å². The number of hydrogen-bond acceptors (Lipinski definition) is 6. The molecule has 0 aliphatic heterocycles. The van der Waals surface area contributed by atoms with Crippen molar-refractivity contribution >= 4 is 17.9 Å². The van der Waals surface area contributed by atoms with Crippen molar-refractivity contribution < 1.29 is 28.6 Å². The number of ether oxygens (including phenoxy) is 3. The zero-order valence-electron chi connectivity index (χ0n) is 42.5. The lowest BCUT2D eigenvalue weighted by Crippen LogP contribution is -2.30. The highest BCUT2D eigenvalue weighted by atomic mass is 16.6. The molecule has 0 saturated heterocycles. The molecule has 0 aliphatic rings. The molecule has 0 aromatic heterocycles. The average Bonchev–Trinajstić information content (AvgIpc) is 3.26. The fourth-order valence-corrected chi connectivity index (χ4v) is 8.49. The Kier molecular flexibility index (Phi) is 47.6. The summed E-state index contributed by atoms with van der Waals surface area (Å²) in [7, 11) is 0. The van der Waals surface area contributed by atoms with Crippen LogP contribution in [0.1, 0.15) is 311 Å². The summed E-state index contributed by atoms with van der Waals surface area (Å²) < 4.78 is 16.9. The Morgan fingerprint density at radius 2 is 0.613 bits per heavy atom. The van der Waals surface area contributed by atoms with Crippen LogP contribution in [-0.4, -0.2) is 37.2 Å². The van der Waals surface area contributed by atoms with E-state index >= 15 is 0 Å². The number of hydrogen-bond donors (Lipinski definition) is 0. The second-order valence-corrected chi connectivity index (χ2v) is 19.9. The fraction of sp³-hybridized carbons (Fsp3) is 0.946. The molecule has 0 N–H and O–H groups in total. The van der Waals surface area contributed by atoms with Gasteiger partial charge < -0.3 is 14.2 Å². The maximum absolute atomic E-state index is 12.8. The standard InChI is InChI=1S/C56H108O6/c1-6-8-9-10-11-12-13-14-15-16-17-20-28-33-38-43-48-56(59)62-53(49-60-54(57)46-41-36-31-26-21-18-19-24-29-34-39-44-51(3)4)50-61-55(58)47-42-37-32-27-23-22-25-30-35-40-45-52(5)7-2/h51-53H,6-50H2,1-5H3/t52?,53-/m1/s1. The van der Waals surface area contributed by atoms with E-state index in [0.717, 1.165) is 69.6 Å². The van der Waals surface area contributed by atoms with Gasteiger partial charge in [-0.2, -0.15) is 0 Å². The minimum Gasteiger partial charge on any atom is -0.462 e. The second kappa shape index (κ2) is 48.9. The van der Waals surface area contributed by atoms with Gasteiger partial charge in [0.15, 0.2) is 6.10 Å². The van der Waals surface area contributed by atoms with Gasteiger partial charge in [-0.3, -0.25) is 14.4 Å². The lowest BCUT2D eigenvalue weighted by Gasteiger charge is -2.18. The fourth-order valence-electron chi connectivity index (χ4n) is 8.49. The van der Waals surface area contributed by atoms with Gasteiger partial charge >= 0.3 is 17.9 Å². The molecule has 0 radical (unpaired) electrons. The molecule has 6 nitrogen and oxygen atoms in total. The number of unbranched alkanes of at least 4 members (excludes halogenated alkanes) is 34. The Bertz CT molecular complexity index is 949. The zero-order chi connectivity index (χ0) is 45.4. The van der Waals surface area contributed by atoms with Crippen molar-refractivity contribution in [1.82, 2.24) is 0 Å². The first-order chi connectivity index (χ1) is 30.3. The zero-order valence-corrected chi connectivity index (χ0v) is 42.5. The molecule has 0 bridgehead atoms. The molecule has 368 valence electrons. The summed E-state index contributed by atoms with van der Waals surface area (Å²) in [5.41, 5.74) is 0. The van der Waals surface area contributed by atoms with Gasteiger partial charge in [-0.15, -0.1) is 0 Å². The van der Waals surface area contributed by atoms with Crippen molar-refractivity contribution in [2.24, 2.45) is 11.8 Å². The molecule has 0 aromatic rings. The Morgan fingerprint density at radius 1 is 0.339 bits per heavy atom. The van der Waals surface area contributed by atoms with Crippen LogP contribution in [-0.2, 0) is 28.6 Å². The highest BCUT2D eigenvalue weighted by molar-refractivity contribution is 5.71. The SMILES string of the molecule is CCCCCCCCCCCCCCCCCCC(=O)O[C@H](COC(=O)CCCCCCCCCCCCCC(C)C)COC(=O)CCCCCCCCCCCCC(C)CC. The summed E-state index contributed by atoms with van der Waals surface area (Å²) in [5, 5.41) is 0. The molecule has 0 aromatic carbocycles. The van der Waals surface area contributed by atoms with Crippen molar-refractivity contribution in [1.29, 1.82) is 0 Å². The molecule has 62 heavy (non-hydrogen) atoms. The average molecular weight is 877 g/mol. The predicted molar refractivity (Wildman–Crippen MR) is 266 cm³/mol. The summed E-state index contributed by atoms with van der Waals surface area (Å²) in [6.07, 6.45) is 50.8. The van der Waals surface area contributed by atoms with Crippen LogP contribution in [0, 0.1) is 11.8 Å². The maximum Gasteiger partial charge on any atom is 0.306 e. The molecule has 0 amide bonds. The summed E-state index contributed by atoms with van der Waals surface area (Å²) in [4.78, 5) is 38.1. The van der Waals surface area contributed by atoms with E-state index in [2.05, 4.69) is 34.6 Å². The largest absolute Gasteiger partial charge is 0.462 e. The smallest absolute Gasteiger partial charge is 0.306 e. The van der Waals surface area contributed by atoms with E-state index in [9.17, 15) is 14.4 Å². The van der Waals surface area contributed by atoms with Crippen LogP contribution in [0.25, 0.3) is 0 Å². The lowest BCUT2D eigenvalue weighted by atomic mass is 9.99. The monoisotopic (exact) mass is 877 g/mol. The van der Waals surface area contributed by atoms with Crippen molar-refractivity contribution in [2.75, 3.05) is 13.2 Å². The van der Waals surface area contributed by atoms with Gasteiger partial charge in [0.1, 0.15) is 13.2 Å². The van der Waals surface area contributed by atoms with Gasteiger partial charge in [-0.25, -0.2) is 0 Å². The highest BCUT2D eigenvalue weighted by Crippen LogP contribution is 2.18. The Labute approximate surface area is 387 Å². The van der Waals surface area contributed by atoms with Crippen molar-refractivity contribution in [3.8, 4) is 0 Å². The molecule has 0 aliphatic carbocycles. The van der Waals surface area contributed by atoms with Crippen LogP contribution in [0.2, 0.25) is 0 Å². The topological polar surface area (TPSA) is 78.9 Å². The molecule has 2 atom stereocenters. The van der Waals surface area contributed by atoms with E-state index in [1.54, 1.807) is 0 Å². The predicted octanol–water partition coefficient (Wildman–Crippen LogP) is 18.1. The molecule has 0 rings (SSSR count). The number of carbonyl (C=O) groups excluding carboxylic acids is 3. The second-order valence-electron chi connectivity index (χ2n) is 19.9. The third kappa shape index (κ3) is 47.9. The normalized spacial score (nSPS) is 12.5. The summed E-state index contributed by atoms with van der Waals surface area (Å²) in [5.74, 6) is 0.853. The van der Waals surface area contributed by atoms with E-state index in [1.807, 2.05) is 0 Å². The van der Waals surface area contributed by atoms with E-state index in [-0.39, 0.29) is 31.1 Å². The molecule has 0 heterocycles. The van der Waals surface area contributed by atoms with Crippen molar-refractivity contribution in [3.05, 3.63) is 0 Å². The van der Waals surface area contributed by atoms with Crippen LogP contribution >= 0.6 is 0 Å². The molecular weight excluding hydrogens is 769 g/mol. The molecule has 0 spiro atoms. The summed E-state index contributed by atoms with van der Waals surface area (Å²) in [6.45, 7) is 11.4. The first-order valence-corrected chi connectivity index (χ1v) is 27.8. The maximum atomic E-state index is 12.8. The van der Waals surface area contributed by atoms with Crippen LogP contribution < -0.4 is 0 Å². The Morgan fingerprint density at radius 3 is 0.919 bits per heavy atom. The summed E-state index contributed by atoms with van der Waals surface area (Å²) >= 11 is 0. The number of esters is 3. The Hall–Kier alpha value is -1.59. The minimum atomic E-state index is -0.762. The first kappa shape index (κ1) is 60.4. The molecule has 6 heteroatoms. The van der Waals surface area contributed by atoms with Gasteiger partial charge in [0.2, 0.25) is 0 Å².